The highest BCUT2D eigenvalue weighted by molar-refractivity contribution is 7.10. The van der Waals surface area contributed by atoms with Crippen LogP contribution < -0.4 is 11.1 Å². The summed E-state index contributed by atoms with van der Waals surface area (Å²) in [7, 11) is 0. The first-order valence-corrected chi connectivity index (χ1v) is 9.59. The van der Waals surface area contributed by atoms with E-state index >= 15 is 0 Å². The minimum Gasteiger partial charge on any atom is -0.368 e. The van der Waals surface area contributed by atoms with Crippen molar-refractivity contribution in [2.75, 3.05) is 26.2 Å². The number of nitrogens with one attached hydrogen (secondary N) is 1. The van der Waals surface area contributed by atoms with Crippen molar-refractivity contribution in [2.45, 2.75) is 18.6 Å². The topological polar surface area (TPSA) is 84.7 Å². The number of hydrogen-bond donors (Lipinski definition) is 2. The normalized spacial score (nSPS) is 18.3. The van der Waals surface area contributed by atoms with Crippen LogP contribution in [0.4, 0.5) is 4.39 Å². The van der Waals surface area contributed by atoms with Crippen LogP contribution in [0.3, 0.4) is 0 Å². The van der Waals surface area contributed by atoms with Gasteiger partial charge in [0.15, 0.2) is 0 Å². The number of nitrogens with zero attached hydrogens (tertiary/aromatic N) is 1. The molecule has 2 unspecified atom stereocenters. The molecule has 2 amide bonds. The van der Waals surface area contributed by atoms with Crippen LogP contribution in [0.2, 0.25) is 0 Å². The van der Waals surface area contributed by atoms with Crippen molar-refractivity contribution in [2.24, 2.45) is 5.73 Å². The van der Waals surface area contributed by atoms with E-state index in [1.54, 1.807) is 12.1 Å². The fourth-order valence-corrected chi connectivity index (χ4v) is 3.92. The molecule has 0 spiro atoms. The molecule has 2 heterocycles. The molecule has 0 radical (unpaired) electrons. The van der Waals surface area contributed by atoms with Crippen molar-refractivity contribution in [3.63, 3.8) is 0 Å². The fraction of sp³-hybridized carbons (Fsp3) is 0.368. The number of rotatable bonds is 8. The third-order valence-corrected chi connectivity index (χ3v) is 5.33. The van der Waals surface area contributed by atoms with Crippen molar-refractivity contribution >= 4 is 23.2 Å². The monoisotopic (exact) mass is 391 g/mol. The number of thiophene rings is 1. The van der Waals surface area contributed by atoms with Gasteiger partial charge >= 0.3 is 0 Å². The number of primary amides is 1. The van der Waals surface area contributed by atoms with E-state index in [9.17, 15) is 14.0 Å². The lowest BCUT2D eigenvalue weighted by Gasteiger charge is -2.21. The Balaban J connectivity index is 1.59. The van der Waals surface area contributed by atoms with Crippen molar-refractivity contribution in [3.8, 4) is 0 Å². The molecule has 1 aromatic carbocycles. The molecular formula is C19H22FN3O3S. The Labute approximate surface area is 161 Å². The Morgan fingerprint density at radius 2 is 2.11 bits per heavy atom. The number of ether oxygens (including phenoxy) is 1. The Morgan fingerprint density at radius 3 is 2.78 bits per heavy atom. The summed E-state index contributed by atoms with van der Waals surface area (Å²) in [5.74, 6) is -0.924. The predicted octanol–water partition coefficient (Wildman–Crippen LogP) is 1.67. The van der Waals surface area contributed by atoms with E-state index in [1.165, 1.54) is 23.5 Å². The molecule has 2 aromatic rings. The summed E-state index contributed by atoms with van der Waals surface area (Å²) in [5, 5.41) is 4.98. The number of carbonyl (C=O) groups is 2. The Bertz CT molecular complexity index is 767. The quantitative estimate of drug-likeness (QED) is 0.717. The lowest BCUT2D eigenvalue weighted by molar-refractivity contribution is -0.125. The van der Waals surface area contributed by atoms with Crippen LogP contribution in [0.15, 0.2) is 41.8 Å². The third-order valence-electron chi connectivity index (χ3n) is 4.39. The van der Waals surface area contributed by atoms with Gasteiger partial charge in [0.05, 0.1) is 18.7 Å². The van der Waals surface area contributed by atoms with Gasteiger partial charge in [0.25, 0.3) is 0 Å². The summed E-state index contributed by atoms with van der Waals surface area (Å²) in [5.41, 5.74) is 5.92. The molecule has 0 aliphatic carbocycles. The Kier molecular flexibility index (Phi) is 6.54. The number of likely N-dealkylation sites (tertiary alicyclic amines) is 1. The molecule has 1 fully saturated rings. The summed E-state index contributed by atoms with van der Waals surface area (Å²) in [6, 6.07) is 9.70. The van der Waals surface area contributed by atoms with E-state index in [2.05, 4.69) is 5.32 Å². The van der Waals surface area contributed by atoms with E-state index in [1.807, 2.05) is 22.4 Å². The maximum absolute atomic E-state index is 13.2. The lowest BCUT2D eigenvalue weighted by Crippen LogP contribution is -2.38. The first-order chi connectivity index (χ1) is 13.0. The van der Waals surface area contributed by atoms with Crippen molar-refractivity contribution < 1.29 is 18.7 Å². The van der Waals surface area contributed by atoms with Gasteiger partial charge in [-0.05, 0) is 35.6 Å². The van der Waals surface area contributed by atoms with Gasteiger partial charge in [-0.1, -0.05) is 18.2 Å². The highest BCUT2D eigenvalue weighted by Gasteiger charge is 2.26. The summed E-state index contributed by atoms with van der Waals surface area (Å²) in [6.07, 6.45) is 0.669. The molecule has 2 atom stereocenters. The van der Waals surface area contributed by atoms with E-state index in [0.717, 1.165) is 23.4 Å². The number of amides is 2. The molecule has 1 aliphatic heterocycles. The molecule has 6 nitrogen and oxygen atoms in total. The molecule has 0 bridgehead atoms. The molecule has 27 heavy (non-hydrogen) atoms. The van der Waals surface area contributed by atoms with Gasteiger partial charge in [-0.25, -0.2) is 4.39 Å². The summed E-state index contributed by atoms with van der Waals surface area (Å²) in [6.45, 7) is 1.44. The van der Waals surface area contributed by atoms with E-state index in [0.29, 0.717) is 6.54 Å². The van der Waals surface area contributed by atoms with Gasteiger partial charge < -0.3 is 15.8 Å². The van der Waals surface area contributed by atoms with Crippen LogP contribution in [-0.2, 0) is 14.3 Å². The van der Waals surface area contributed by atoms with Crippen LogP contribution in [0.5, 0.6) is 0 Å². The van der Waals surface area contributed by atoms with Crippen LogP contribution >= 0.6 is 11.3 Å². The molecule has 3 N–H and O–H groups in total. The number of hydrogen-bond acceptors (Lipinski definition) is 5. The Morgan fingerprint density at radius 1 is 1.33 bits per heavy atom. The van der Waals surface area contributed by atoms with Crippen LogP contribution in [0.1, 0.15) is 22.9 Å². The first-order valence-electron chi connectivity index (χ1n) is 8.72. The summed E-state index contributed by atoms with van der Waals surface area (Å²) < 4.78 is 18.7. The smallest absolute Gasteiger partial charge is 0.243 e. The first kappa shape index (κ1) is 19.5. The lowest BCUT2D eigenvalue weighted by atomic mass is 10.1. The van der Waals surface area contributed by atoms with Crippen LogP contribution in [-0.4, -0.2) is 49.1 Å². The molecule has 1 saturated heterocycles. The highest BCUT2D eigenvalue weighted by atomic mass is 32.1. The summed E-state index contributed by atoms with van der Waals surface area (Å²) in [4.78, 5) is 26.4. The zero-order chi connectivity index (χ0) is 19.2. The molecule has 0 saturated carbocycles. The molecule has 1 aliphatic rings. The SMILES string of the molecule is NC(=O)COC1CCN(CC(=O)NC(c2ccc(F)cc2)c2cccs2)C1. The Hall–Kier alpha value is -2.29. The average molecular weight is 391 g/mol. The maximum Gasteiger partial charge on any atom is 0.243 e. The molecule has 8 heteroatoms. The highest BCUT2D eigenvalue weighted by Crippen LogP contribution is 2.26. The second kappa shape index (κ2) is 9.07. The summed E-state index contributed by atoms with van der Waals surface area (Å²) >= 11 is 1.54. The average Bonchev–Trinajstić information content (AvgIpc) is 3.31. The standard InChI is InChI=1S/C19H22FN3O3S/c20-14-5-3-13(4-6-14)19(16-2-1-9-27-16)22-18(25)11-23-8-7-15(10-23)26-12-17(21)24/h1-6,9,15,19H,7-8,10-12H2,(H2,21,24)(H,22,25). The third kappa shape index (κ3) is 5.59. The minimum absolute atomic E-state index is 0.0875. The van der Waals surface area contributed by atoms with Crippen LogP contribution in [0.25, 0.3) is 0 Å². The maximum atomic E-state index is 13.2. The van der Waals surface area contributed by atoms with Gasteiger partial charge in [-0.2, -0.15) is 0 Å². The number of benzene rings is 1. The van der Waals surface area contributed by atoms with Gasteiger partial charge in [-0.3, -0.25) is 14.5 Å². The van der Waals surface area contributed by atoms with Crippen molar-refractivity contribution in [1.82, 2.24) is 10.2 Å². The molecular weight excluding hydrogens is 369 g/mol. The predicted molar refractivity (Wildman–Crippen MR) is 101 cm³/mol. The fourth-order valence-electron chi connectivity index (χ4n) is 3.12. The largest absolute Gasteiger partial charge is 0.368 e. The van der Waals surface area contributed by atoms with E-state index in [4.69, 9.17) is 10.5 Å². The zero-order valence-electron chi connectivity index (χ0n) is 14.8. The number of carbonyl (C=O) groups excluding carboxylic acids is 2. The van der Waals surface area contributed by atoms with Crippen molar-refractivity contribution in [1.29, 1.82) is 0 Å². The van der Waals surface area contributed by atoms with Gasteiger partial charge in [-0.15, -0.1) is 11.3 Å². The van der Waals surface area contributed by atoms with Gasteiger partial charge in [0, 0.05) is 18.0 Å². The number of nitrogens with two attached hydrogens (primary N) is 1. The van der Waals surface area contributed by atoms with Gasteiger partial charge in [0.1, 0.15) is 12.4 Å². The second-order valence-electron chi connectivity index (χ2n) is 6.49. The number of halogens is 1. The zero-order valence-corrected chi connectivity index (χ0v) is 15.6. The van der Waals surface area contributed by atoms with E-state index < -0.39 is 5.91 Å². The van der Waals surface area contributed by atoms with Gasteiger partial charge in [0.2, 0.25) is 11.8 Å². The second-order valence-corrected chi connectivity index (χ2v) is 7.47. The minimum atomic E-state index is -0.496. The van der Waals surface area contributed by atoms with Crippen molar-refractivity contribution in [3.05, 3.63) is 58.0 Å². The molecule has 3 rings (SSSR count). The van der Waals surface area contributed by atoms with Crippen LogP contribution in [0, 0.1) is 5.82 Å². The molecule has 1 aromatic heterocycles. The van der Waals surface area contributed by atoms with E-state index in [-0.39, 0.29) is 37.0 Å². The molecule has 144 valence electrons.